The molecule has 7 nitrogen and oxygen atoms in total. The maximum absolute atomic E-state index is 12.1. The van der Waals surface area contributed by atoms with Crippen molar-refractivity contribution < 1.29 is 23.9 Å². The Balaban J connectivity index is 2.70. The predicted octanol–water partition coefficient (Wildman–Crippen LogP) is 1.33. The van der Waals surface area contributed by atoms with Crippen molar-refractivity contribution >= 4 is 40.3 Å². The topological polar surface area (TPSA) is 102 Å². The van der Waals surface area contributed by atoms with Gasteiger partial charge < -0.3 is 15.4 Å². The van der Waals surface area contributed by atoms with Crippen molar-refractivity contribution in [3.05, 3.63) is 24.3 Å². The molecule has 1 aromatic rings. The Labute approximate surface area is 138 Å². The molecule has 0 saturated carbocycles. The van der Waals surface area contributed by atoms with E-state index in [4.69, 9.17) is 4.74 Å². The average molecular weight is 338 g/mol. The zero-order valence-corrected chi connectivity index (χ0v) is 13.9. The summed E-state index contributed by atoms with van der Waals surface area (Å²) in [4.78, 5) is 45.2. The summed E-state index contributed by atoms with van der Waals surface area (Å²) in [6.07, 6.45) is 0. The maximum Gasteiger partial charge on any atom is 0.334 e. The number of benzene rings is 1. The van der Waals surface area contributed by atoms with Crippen LogP contribution in [0.5, 0.6) is 5.75 Å². The van der Waals surface area contributed by atoms with Gasteiger partial charge in [0.05, 0.1) is 0 Å². The van der Waals surface area contributed by atoms with Gasteiger partial charge in [-0.15, -0.1) is 0 Å². The molecule has 0 aliphatic rings. The van der Waals surface area contributed by atoms with Gasteiger partial charge in [-0.25, -0.2) is 4.79 Å². The molecule has 1 aromatic carbocycles. The van der Waals surface area contributed by atoms with Crippen molar-refractivity contribution in [3.8, 4) is 5.75 Å². The number of carbonyl (C=O) groups excluding carboxylic acids is 4. The van der Waals surface area contributed by atoms with E-state index in [0.29, 0.717) is 5.69 Å². The zero-order valence-electron chi connectivity index (χ0n) is 13.0. The van der Waals surface area contributed by atoms with Crippen molar-refractivity contribution in [1.29, 1.82) is 0 Å². The number of nitrogens with one attached hydrogen (secondary N) is 2. The fraction of sp³-hybridized carbons (Fsp3) is 0.333. The Morgan fingerprint density at radius 1 is 1.04 bits per heavy atom. The van der Waals surface area contributed by atoms with Crippen molar-refractivity contribution in [2.24, 2.45) is 0 Å². The SMILES string of the molecule is CC(=O)Nc1ccc(OC(=O)C(CSC(C)=O)NC(C)=O)cc1. The van der Waals surface area contributed by atoms with E-state index in [-0.39, 0.29) is 22.5 Å². The normalized spacial score (nSPS) is 11.3. The molecule has 1 atom stereocenters. The second-order valence-electron chi connectivity index (χ2n) is 4.68. The Hall–Kier alpha value is -2.35. The van der Waals surface area contributed by atoms with Crippen LogP contribution in [0, 0.1) is 0 Å². The lowest BCUT2D eigenvalue weighted by Crippen LogP contribution is -2.44. The van der Waals surface area contributed by atoms with E-state index in [1.54, 1.807) is 12.1 Å². The summed E-state index contributed by atoms with van der Waals surface area (Å²) in [6, 6.07) is 5.29. The van der Waals surface area contributed by atoms with E-state index < -0.39 is 17.9 Å². The molecular weight excluding hydrogens is 320 g/mol. The number of thioether (sulfide) groups is 1. The lowest BCUT2D eigenvalue weighted by Gasteiger charge is -2.15. The van der Waals surface area contributed by atoms with Gasteiger partial charge in [0.2, 0.25) is 11.8 Å². The van der Waals surface area contributed by atoms with E-state index in [9.17, 15) is 19.2 Å². The van der Waals surface area contributed by atoms with Gasteiger partial charge in [0.15, 0.2) is 5.12 Å². The molecule has 124 valence electrons. The summed E-state index contributed by atoms with van der Waals surface area (Å²) in [6.45, 7) is 4.04. The molecule has 1 unspecified atom stereocenters. The number of amides is 2. The number of hydrogen-bond donors (Lipinski definition) is 2. The third-order valence-corrected chi connectivity index (χ3v) is 3.41. The largest absolute Gasteiger partial charge is 0.425 e. The molecule has 0 bridgehead atoms. The van der Waals surface area contributed by atoms with Crippen LogP contribution in [0.3, 0.4) is 0 Å². The van der Waals surface area contributed by atoms with Crippen LogP contribution in [0.15, 0.2) is 24.3 Å². The number of rotatable bonds is 6. The Morgan fingerprint density at radius 2 is 1.65 bits per heavy atom. The lowest BCUT2D eigenvalue weighted by molar-refractivity contribution is -0.138. The van der Waals surface area contributed by atoms with E-state index in [1.807, 2.05) is 0 Å². The minimum absolute atomic E-state index is 0.0950. The second kappa shape index (κ2) is 8.94. The van der Waals surface area contributed by atoms with E-state index in [0.717, 1.165) is 11.8 Å². The van der Waals surface area contributed by atoms with Gasteiger partial charge in [-0.2, -0.15) is 0 Å². The predicted molar refractivity (Wildman–Crippen MR) is 87.1 cm³/mol. The van der Waals surface area contributed by atoms with Crippen LogP contribution in [-0.2, 0) is 19.2 Å². The van der Waals surface area contributed by atoms with E-state index >= 15 is 0 Å². The number of carbonyl (C=O) groups is 4. The fourth-order valence-electron chi connectivity index (χ4n) is 1.61. The Bertz CT molecular complexity index is 600. The van der Waals surface area contributed by atoms with Gasteiger partial charge >= 0.3 is 5.97 Å². The molecule has 2 N–H and O–H groups in total. The van der Waals surface area contributed by atoms with Gasteiger partial charge in [-0.1, -0.05) is 11.8 Å². The van der Waals surface area contributed by atoms with Crippen molar-refractivity contribution in [2.75, 3.05) is 11.1 Å². The summed E-state index contributed by atoms with van der Waals surface area (Å²) < 4.78 is 5.18. The molecule has 1 rings (SSSR count). The molecule has 8 heteroatoms. The van der Waals surface area contributed by atoms with Crippen molar-refractivity contribution in [1.82, 2.24) is 5.32 Å². The number of hydrogen-bond acceptors (Lipinski definition) is 6. The van der Waals surface area contributed by atoms with Crippen molar-refractivity contribution in [3.63, 3.8) is 0 Å². The highest BCUT2D eigenvalue weighted by Crippen LogP contribution is 2.17. The van der Waals surface area contributed by atoms with Crippen LogP contribution in [0.2, 0.25) is 0 Å². The molecule has 0 heterocycles. The van der Waals surface area contributed by atoms with Gasteiger partial charge in [0, 0.05) is 32.2 Å². The third kappa shape index (κ3) is 7.46. The van der Waals surface area contributed by atoms with E-state index in [2.05, 4.69) is 10.6 Å². The Morgan fingerprint density at radius 3 is 2.13 bits per heavy atom. The van der Waals surface area contributed by atoms with Gasteiger partial charge in [-0.05, 0) is 24.3 Å². The van der Waals surface area contributed by atoms with Gasteiger partial charge in [-0.3, -0.25) is 14.4 Å². The van der Waals surface area contributed by atoms with Gasteiger partial charge in [0.1, 0.15) is 11.8 Å². The summed E-state index contributed by atoms with van der Waals surface area (Å²) >= 11 is 0.928. The van der Waals surface area contributed by atoms with Gasteiger partial charge in [0.25, 0.3) is 0 Å². The molecule has 0 aliphatic heterocycles. The first-order valence-corrected chi connectivity index (χ1v) is 7.76. The third-order valence-electron chi connectivity index (χ3n) is 2.51. The van der Waals surface area contributed by atoms with Crippen LogP contribution >= 0.6 is 11.8 Å². The van der Waals surface area contributed by atoms with Crippen LogP contribution < -0.4 is 15.4 Å². The molecule has 0 aromatic heterocycles. The highest BCUT2D eigenvalue weighted by molar-refractivity contribution is 8.13. The minimum Gasteiger partial charge on any atom is -0.425 e. The standard InChI is InChI=1S/C15H18N2O5S/c1-9(18)16-12-4-6-13(7-5-12)22-15(21)14(17-10(2)19)8-23-11(3)20/h4-7,14H,8H2,1-3H3,(H,16,18)(H,17,19). The van der Waals surface area contributed by atoms with Crippen LogP contribution in [0.25, 0.3) is 0 Å². The first kappa shape index (κ1) is 18.7. The Kier molecular flexibility index (Phi) is 7.27. The smallest absolute Gasteiger partial charge is 0.334 e. The number of anilines is 1. The summed E-state index contributed by atoms with van der Waals surface area (Å²) in [5.41, 5.74) is 0.572. The first-order chi connectivity index (χ1) is 10.8. The molecular formula is C15H18N2O5S. The molecule has 2 amide bonds. The van der Waals surface area contributed by atoms with Crippen LogP contribution in [0.4, 0.5) is 5.69 Å². The highest BCUT2D eigenvalue weighted by Gasteiger charge is 2.22. The second-order valence-corrected chi connectivity index (χ2v) is 5.88. The quantitative estimate of drug-likeness (QED) is 0.599. The van der Waals surface area contributed by atoms with Crippen LogP contribution in [-0.4, -0.2) is 34.7 Å². The number of ether oxygens (including phenoxy) is 1. The minimum atomic E-state index is -0.920. The highest BCUT2D eigenvalue weighted by atomic mass is 32.2. The summed E-state index contributed by atoms with van der Waals surface area (Å²) in [5.74, 6) is -0.898. The zero-order chi connectivity index (χ0) is 17.4. The fourth-order valence-corrected chi connectivity index (χ4v) is 2.23. The number of esters is 1. The lowest BCUT2D eigenvalue weighted by atomic mass is 10.3. The summed E-state index contributed by atoms with van der Waals surface area (Å²) in [7, 11) is 0. The molecule has 0 fully saturated rings. The molecule has 0 spiro atoms. The van der Waals surface area contributed by atoms with E-state index in [1.165, 1.54) is 32.9 Å². The monoisotopic (exact) mass is 338 g/mol. The summed E-state index contributed by atoms with van der Waals surface area (Å²) in [5, 5.41) is 4.88. The average Bonchev–Trinajstić information content (AvgIpc) is 2.44. The van der Waals surface area contributed by atoms with Crippen molar-refractivity contribution in [2.45, 2.75) is 26.8 Å². The maximum atomic E-state index is 12.1. The molecule has 0 radical (unpaired) electrons. The molecule has 0 saturated heterocycles. The van der Waals surface area contributed by atoms with Crippen LogP contribution in [0.1, 0.15) is 20.8 Å². The first-order valence-electron chi connectivity index (χ1n) is 6.77. The molecule has 0 aliphatic carbocycles. The molecule has 23 heavy (non-hydrogen) atoms.